The number of aliphatic hydroxyl groups excluding tert-OH is 1. The molecule has 3 rings (SSSR count). The smallest absolute Gasteiger partial charge is 0.394 e. The molecule has 35 heavy (non-hydrogen) atoms. The summed E-state index contributed by atoms with van der Waals surface area (Å²) in [6, 6.07) is 9.06. The third-order valence-corrected chi connectivity index (χ3v) is 7.43. The largest absolute Gasteiger partial charge is 0.471 e. The Bertz CT molecular complexity index is 1330. The van der Waals surface area contributed by atoms with Crippen LogP contribution in [0, 0.1) is 22.7 Å². The number of rotatable bonds is 11. The molecule has 14 heteroatoms. The number of hydrogen-bond donors (Lipinski definition) is 5. The molecule has 1 aromatic carbocycles. The van der Waals surface area contributed by atoms with Gasteiger partial charge in [0.1, 0.15) is 11.4 Å². The van der Waals surface area contributed by atoms with Crippen molar-refractivity contribution in [3.63, 3.8) is 0 Å². The Morgan fingerprint density at radius 1 is 1.34 bits per heavy atom. The summed E-state index contributed by atoms with van der Waals surface area (Å²) >= 11 is 2.38. The van der Waals surface area contributed by atoms with Crippen LogP contribution in [0.3, 0.4) is 0 Å². The molecule has 0 saturated carbocycles. The monoisotopic (exact) mass is 538 g/mol. The second-order valence-corrected chi connectivity index (χ2v) is 11.8. The van der Waals surface area contributed by atoms with Gasteiger partial charge >= 0.3 is 7.82 Å². The number of aromatic nitrogens is 3. The lowest BCUT2D eigenvalue weighted by atomic mass is 10.0. The second kappa shape index (κ2) is 11.6. The molecule has 0 spiro atoms. The van der Waals surface area contributed by atoms with Crippen LogP contribution in [0.2, 0.25) is 0 Å². The molecular formula is C21H27N6O5PS2. The van der Waals surface area contributed by atoms with Crippen LogP contribution in [0.4, 0.5) is 5.82 Å². The van der Waals surface area contributed by atoms with Gasteiger partial charge in [-0.3, -0.25) is 14.5 Å². The van der Waals surface area contributed by atoms with Gasteiger partial charge in [-0.05, 0) is 37.0 Å². The van der Waals surface area contributed by atoms with Crippen LogP contribution in [-0.4, -0.2) is 42.1 Å². The Labute approximate surface area is 210 Å². The van der Waals surface area contributed by atoms with Crippen molar-refractivity contribution >= 4 is 47.1 Å². The summed E-state index contributed by atoms with van der Waals surface area (Å²) in [7, 11) is -4.77. The average Bonchev–Trinajstić information content (AvgIpc) is 3.11. The second-order valence-electron chi connectivity index (χ2n) is 8.24. The molecule has 0 aliphatic heterocycles. The van der Waals surface area contributed by atoms with Crippen LogP contribution < -0.4 is 10.1 Å². The van der Waals surface area contributed by atoms with Gasteiger partial charge in [-0.25, -0.2) is 14.5 Å². The minimum absolute atomic E-state index is 0.0212. The van der Waals surface area contributed by atoms with E-state index in [1.807, 2.05) is 26.8 Å². The van der Waals surface area contributed by atoms with Gasteiger partial charge in [-0.2, -0.15) is 5.26 Å². The Morgan fingerprint density at radius 2 is 2.09 bits per heavy atom. The van der Waals surface area contributed by atoms with Crippen molar-refractivity contribution in [3.8, 4) is 6.07 Å². The first kappa shape index (κ1) is 27.3. The number of anilines is 1. The normalized spacial score (nSPS) is 13.7. The van der Waals surface area contributed by atoms with Crippen LogP contribution >= 0.6 is 30.9 Å². The van der Waals surface area contributed by atoms with Crippen LogP contribution in [0.5, 0.6) is 0 Å². The van der Waals surface area contributed by atoms with E-state index >= 15 is 0 Å². The summed E-state index contributed by atoms with van der Waals surface area (Å²) in [5.41, 5.74) is 1.73. The van der Waals surface area contributed by atoms with Gasteiger partial charge in [0.15, 0.2) is 21.4 Å². The molecule has 0 aliphatic rings. The maximum Gasteiger partial charge on any atom is 0.471 e. The molecular weight excluding hydrogens is 511 g/mol. The van der Waals surface area contributed by atoms with Gasteiger partial charge in [0.25, 0.3) is 0 Å². The van der Waals surface area contributed by atoms with Crippen molar-refractivity contribution in [1.82, 2.24) is 14.5 Å². The molecule has 0 fully saturated rings. The predicted molar refractivity (Wildman–Crippen MR) is 134 cm³/mol. The Morgan fingerprint density at radius 3 is 2.71 bits per heavy atom. The van der Waals surface area contributed by atoms with Crippen molar-refractivity contribution in [1.29, 1.82) is 10.7 Å². The molecule has 0 aliphatic carbocycles. The number of aliphatic hydroxyl groups is 1. The highest BCUT2D eigenvalue weighted by Gasteiger charge is 2.22. The summed E-state index contributed by atoms with van der Waals surface area (Å²) < 4.78 is 17.6. The third kappa shape index (κ3) is 7.35. The molecule has 1 unspecified atom stereocenters. The van der Waals surface area contributed by atoms with Gasteiger partial charge in [0.2, 0.25) is 0 Å². The Kier molecular flexibility index (Phi) is 9.06. The third-order valence-electron chi connectivity index (χ3n) is 4.97. The number of nitrogens with one attached hydrogen (secondary N) is 2. The number of thiazole rings is 1. The maximum absolute atomic E-state index is 11.3. The van der Waals surface area contributed by atoms with Crippen molar-refractivity contribution in [2.24, 2.45) is 5.92 Å². The molecule has 0 bridgehead atoms. The summed E-state index contributed by atoms with van der Waals surface area (Å²) in [5.74, 6) is 0.735. The van der Waals surface area contributed by atoms with E-state index in [9.17, 15) is 14.9 Å². The number of phosphoric ester groups is 1. The van der Waals surface area contributed by atoms with E-state index in [-0.39, 0.29) is 28.3 Å². The first-order valence-electron chi connectivity index (χ1n) is 10.7. The fourth-order valence-corrected chi connectivity index (χ4v) is 5.41. The first-order chi connectivity index (χ1) is 16.5. The van der Waals surface area contributed by atoms with Gasteiger partial charge in [0, 0.05) is 5.25 Å². The summed E-state index contributed by atoms with van der Waals surface area (Å²) in [4.78, 5) is 27.5. The molecule has 11 nitrogen and oxygen atoms in total. The Balaban J connectivity index is 2.05. The molecule has 0 amide bonds. The highest BCUT2D eigenvalue weighted by Crippen LogP contribution is 2.38. The Hall–Kier alpha value is -2.30. The van der Waals surface area contributed by atoms with Crippen molar-refractivity contribution in [3.05, 3.63) is 40.2 Å². The van der Waals surface area contributed by atoms with Crippen molar-refractivity contribution < 1.29 is 24.0 Å². The zero-order valence-corrected chi connectivity index (χ0v) is 21.9. The molecule has 0 radical (unpaired) electrons. The zero-order chi connectivity index (χ0) is 25.8. The lowest BCUT2D eigenvalue weighted by Gasteiger charge is -2.20. The zero-order valence-electron chi connectivity index (χ0n) is 19.4. The van der Waals surface area contributed by atoms with Gasteiger partial charge in [0.05, 0.1) is 24.3 Å². The topological polar surface area (TPSA) is 177 Å². The fourth-order valence-electron chi connectivity index (χ4n) is 3.38. The van der Waals surface area contributed by atoms with E-state index in [0.717, 1.165) is 16.9 Å². The van der Waals surface area contributed by atoms with E-state index in [1.54, 1.807) is 18.2 Å². The quantitative estimate of drug-likeness (QED) is 0.138. The summed E-state index contributed by atoms with van der Waals surface area (Å²) in [5, 5.41) is 30.9. The maximum atomic E-state index is 11.3. The minimum Gasteiger partial charge on any atom is -0.394 e. The first-order valence-corrected chi connectivity index (χ1v) is 13.9. The molecule has 188 valence electrons. The summed E-state index contributed by atoms with van der Waals surface area (Å²) in [6.45, 7) is 5.35. The van der Waals surface area contributed by atoms with Crippen LogP contribution in [-0.2, 0) is 15.8 Å². The van der Waals surface area contributed by atoms with Crippen LogP contribution in [0.1, 0.15) is 43.6 Å². The fraction of sp³-hybridized carbons (Fsp3) is 0.429. The number of fused-ring (bicyclic) bond motifs is 1. The number of hydrogen-bond acceptors (Lipinski definition) is 10. The number of benzene rings is 1. The SMILES string of the molecule is CC(C)C[C@H](CO)Nc1nc(SC(C)c2cccc(C#N)c2)nc2c1sc(=N)n2COP(=O)(O)O. The van der Waals surface area contributed by atoms with E-state index in [0.29, 0.717) is 33.6 Å². The molecule has 2 atom stereocenters. The summed E-state index contributed by atoms with van der Waals surface area (Å²) in [6.07, 6.45) is 0.683. The number of nitrogens with zero attached hydrogens (tertiary/aromatic N) is 4. The minimum atomic E-state index is -4.77. The standard InChI is InChI=1S/C21H27N6O5PS2/c1-12(2)7-16(10-28)24-18-17-19(27(20(23)35-17)11-32-33(29,30)31)26-21(25-18)34-13(3)15-6-4-5-14(8-15)9-22/h4-6,8,12-13,16,23,28H,7,10-11H2,1-3H3,(H,24,25,26)(H2,29,30,31)/t13?,16-/m1/s1. The van der Waals surface area contributed by atoms with Gasteiger partial charge < -0.3 is 20.2 Å². The van der Waals surface area contributed by atoms with E-state index in [1.165, 1.54) is 16.3 Å². The molecule has 2 heterocycles. The van der Waals surface area contributed by atoms with E-state index < -0.39 is 14.6 Å². The highest BCUT2D eigenvalue weighted by molar-refractivity contribution is 7.99. The number of thioether (sulfide) groups is 1. The van der Waals surface area contributed by atoms with Crippen LogP contribution in [0.25, 0.3) is 10.3 Å². The average molecular weight is 539 g/mol. The lowest BCUT2D eigenvalue weighted by molar-refractivity contribution is 0.154. The molecule has 2 aromatic heterocycles. The van der Waals surface area contributed by atoms with Crippen molar-refractivity contribution in [2.75, 3.05) is 11.9 Å². The van der Waals surface area contributed by atoms with E-state index in [2.05, 4.69) is 25.9 Å². The number of nitriles is 1. The predicted octanol–water partition coefficient (Wildman–Crippen LogP) is 3.58. The lowest BCUT2D eigenvalue weighted by Crippen LogP contribution is -2.26. The molecule has 0 saturated heterocycles. The molecule has 5 N–H and O–H groups in total. The van der Waals surface area contributed by atoms with E-state index in [4.69, 9.17) is 15.2 Å². The van der Waals surface area contributed by atoms with Gasteiger partial charge in [-0.1, -0.05) is 49.1 Å². The van der Waals surface area contributed by atoms with Crippen LogP contribution in [0.15, 0.2) is 29.4 Å². The molecule has 3 aromatic rings. The number of phosphoric acid groups is 1. The highest BCUT2D eigenvalue weighted by atomic mass is 32.2. The van der Waals surface area contributed by atoms with Crippen molar-refractivity contribution in [2.45, 2.75) is 50.4 Å². The van der Waals surface area contributed by atoms with Gasteiger partial charge in [-0.15, -0.1) is 0 Å².